The molecule has 2 atom stereocenters. The third kappa shape index (κ3) is 4.91. The first-order valence-electron chi connectivity index (χ1n) is 14.5. The van der Waals surface area contributed by atoms with E-state index in [0.717, 1.165) is 56.7 Å². The minimum atomic E-state index is 0.119. The van der Waals surface area contributed by atoms with E-state index in [1.54, 1.807) is 0 Å². The Morgan fingerprint density at radius 3 is 2.17 bits per heavy atom. The molecule has 2 aliphatic heterocycles. The maximum atomic E-state index is 13.3. The number of carbonyl (C=O) groups excluding carboxylic acids is 1. The molecule has 2 unspecified atom stereocenters. The predicted octanol–water partition coefficient (Wildman–Crippen LogP) is 6.68. The van der Waals surface area contributed by atoms with Gasteiger partial charge >= 0.3 is 0 Å². The van der Waals surface area contributed by atoms with Gasteiger partial charge in [-0.05, 0) is 70.8 Å². The summed E-state index contributed by atoms with van der Waals surface area (Å²) in [6.45, 7) is 4.73. The van der Waals surface area contributed by atoms with Gasteiger partial charge in [0.25, 0.3) is 5.91 Å². The fraction of sp³-hybridized carbons (Fsp3) is 0.286. The van der Waals surface area contributed by atoms with Crippen LogP contribution in [0.5, 0.6) is 0 Å². The maximum Gasteiger partial charge on any atom is 0.253 e. The lowest BCUT2D eigenvalue weighted by Gasteiger charge is -2.36. The van der Waals surface area contributed by atoms with Crippen molar-refractivity contribution in [1.29, 1.82) is 0 Å². The van der Waals surface area contributed by atoms with Crippen LogP contribution < -0.4 is 4.90 Å². The summed E-state index contributed by atoms with van der Waals surface area (Å²) in [5.74, 6) is 0.751. The Morgan fingerprint density at radius 1 is 0.725 bits per heavy atom. The lowest BCUT2D eigenvalue weighted by atomic mass is 9.96. The second-order valence-electron chi connectivity index (χ2n) is 11.2. The molecule has 0 aromatic heterocycles. The van der Waals surface area contributed by atoms with Crippen molar-refractivity contribution in [2.75, 3.05) is 37.6 Å². The fourth-order valence-electron chi connectivity index (χ4n) is 6.60. The zero-order valence-electron chi connectivity index (χ0n) is 22.8. The Hall–Kier alpha value is -3.93. The van der Waals surface area contributed by atoms with Crippen molar-refractivity contribution in [3.8, 4) is 11.1 Å². The highest BCUT2D eigenvalue weighted by molar-refractivity contribution is 5.95. The number of piperidine rings is 1. The second kappa shape index (κ2) is 10.9. The van der Waals surface area contributed by atoms with Gasteiger partial charge in [-0.3, -0.25) is 9.63 Å². The third-order valence-electron chi connectivity index (χ3n) is 8.83. The van der Waals surface area contributed by atoms with Crippen LogP contribution in [-0.4, -0.2) is 48.6 Å². The number of piperazine rings is 1. The van der Waals surface area contributed by atoms with Crippen molar-refractivity contribution in [3.63, 3.8) is 0 Å². The molecule has 4 aromatic rings. The van der Waals surface area contributed by atoms with Crippen molar-refractivity contribution in [1.82, 2.24) is 9.96 Å². The SMILES string of the molecule is O=C(c1ccc(-c2ccccc2)cc1)N1CCN(c2ccc3c(c2)C2CC3CCN2OCc2ccccc2)CC1. The molecular formula is C35H35N3O2. The zero-order valence-corrected chi connectivity index (χ0v) is 22.8. The number of hydrogen-bond donors (Lipinski definition) is 0. The summed E-state index contributed by atoms with van der Waals surface area (Å²) in [5.41, 5.74) is 8.43. The van der Waals surface area contributed by atoms with Crippen LogP contribution in [0.2, 0.25) is 0 Å². The number of nitrogens with zero attached hydrogens (tertiary/aromatic N) is 3. The monoisotopic (exact) mass is 529 g/mol. The van der Waals surface area contributed by atoms with E-state index in [0.29, 0.717) is 18.6 Å². The van der Waals surface area contributed by atoms with Crippen LogP contribution in [-0.2, 0) is 11.4 Å². The summed E-state index contributed by atoms with van der Waals surface area (Å²) in [6, 6.07) is 36.1. The van der Waals surface area contributed by atoms with Gasteiger partial charge < -0.3 is 9.80 Å². The van der Waals surface area contributed by atoms with Crippen molar-refractivity contribution in [3.05, 3.63) is 125 Å². The highest BCUT2D eigenvalue weighted by Crippen LogP contribution is 2.50. The summed E-state index contributed by atoms with van der Waals surface area (Å²) in [5, 5.41) is 2.22. The fourth-order valence-corrected chi connectivity index (χ4v) is 6.60. The van der Waals surface area contributed by atoms with Gasteiger partial charge in [-0.15, -0.1) is 0 Å². The van der Waals surface area contributed by atoms with Crippen LogP contribution >= 0.6 is 0 Å². The number of anilines is 1. The summed E-state index contributed by atoms with van der Waals surface area (Å²) < 4.78 is 0. The van der Waals surface area contributed by atoms with Crippen LogP contribution in [0.15, 0.2) is 103 Å². The number of fused-ring (bicyclic) bond motifs is 5. The number of rotatable bonds is 6. The van der Waals surface area contributed by atoms with Gasteiger partial charge in [0.15, 0.2) is 0 Å². The van der Waals surface area contributed by atoms with Gasteiger partial charge in [0, 0.05) is 44.0 Å². The molecule has 4 aromatic carbocycles. The van der Waals surface area contributed by atoms with Gasteiger partial charge in [-0.25, -0.2) is 0 Å². The molecule has 2 fully saturated rings. The molecule has 0 spiro atoms. The number of hydrogen-bond acceptors (Lipinski definition) is 4. The van der Waals surface area contributed by atoms with Gasteiger partial charge in [-0.1, -0.05) is 78.9 Å². The molecule has 40 heavy (non-hydrogen) atoms. The van der Waals surface area contributed by atoms with Gasteiger partial charge in [0.05, 0.1) is 12.6 Å². The van der Waals surface area contributed by atoms with E-state index in [1.165, 1.54) is 27.9 Å². The van der Waals surface area contributed by atoms with E-state index in [1.807, 2.05) is 53.4 Å². The van der Waals surface area contributed by atoms with Crippen LogP contribution in [0, 0.1) is 0 Å². The number of hydroxylamine groups is 2. The Morgan fingerprint density at radius 2 is 1.43 bits per heavy atom. The predicted molar refractivity (Wildman–Crippen MR) is 159 cm³/mol. The van der Waals surface area contributed by atoms with E-state index in [9.17, 15) is 4.79 Å². The molecule has 1 aliphatic carbocycles. The molecule has 2 saturated heterocycles. The molecule has 0 saturated carbocycles. The molecule has 7 rings (SSSR count). The highest BCUT2D eigenvalue weighted by atomic mass is 16.7. The molecule has 0 N–H and O–H groups in total. The van der Waals surface area contributed by atoms with E-state index >= 15 is 0 Å². The summed E-state index contributed by atoms with van der Waals surface area (Å²) >= 11 is 0. The number of amides is 1. The first-order chi connectivity index (χ1) is 19.7. The summed E-state index contributed by atoms with van der Waals surface area (Å²) in [6.07, 6.45) is 2.28. The van der Waals surface area contributed by atoms with Gasteiger partial charge in [0.1, 0.15) is 0 Å². The van der Waals surface area contributed by atoms with Crippen LogP contribution in [0.1, 0.15) is 51.8 Å². The Balaban J connectivity index is 0.995. The standard InChI is InChI=1S/C35H35N3O2/c39-35(29-13-11-28(12-14-29)27-9-5-2-6-10-27)37-21-19-36(20-22-37)31-15-16-32-30-17-18-38(34(23-30)33(32)24-31)40-25-26-7-3-1-4-8-26/h1-16,24,30,34H,17-23,25H2. The molecule has 1 amide bonds. The largest absolute Gasteiger partial charge is 0.368 e. The van der Waals surface area contributed by atoms with Crippen molar-refractivity contribution in [2.45, 2.75) is 31.4 Å². The lowest BCUT2D eigenvalue weighted by molar-refractivity contribution is -0.207. The molecular weight excluding hydrogens is 494 g/mol. The van der Waals surface area contributed by atoms with Crippen molar-refractivity contribution >= 4 is 11.6 Å². The number of carbonyl (C=O) groups is 1. The molecule has 3 aliphatic rings. The lowest BCUT2D eigenvalue weighted by Crippen LogP contribution is -2.48. The third-order valence-corrected chi connectivity index (χ3v) is 8.83. The quantitative estimate of drug-likeness (QED) is 0.279. The first-order valence-corrected chi connectivity index (χ1v) is 14.5. The topological polar surface area (TPSA) is 36.0 Å². The van der Waals surface area contributed by atoms with E-state index < -0.39 is 0 Å². The van der Waals surface area contributed by atoms with Crippen molar-refractivity contribution < 1.29 is 9.63 Å². The maximum absolute atomic E-state index is 13.3. The second-order valence-corrected chi connectivity index (χ2v) is 11.2. The van der Waals surface area contributed by atoms with E-state index in [4.69, 9.17) is 4.84 Å². The Kier molecular flexibility index (Phi) is 6.84. The van der Waals surface area contributed by atoms with E-state index in [2.05, 4.69) is 64.6 Å². The Labute approximate surface area is 236 Å². The highest BCUT2D eigenvalue weighted by Gasteiger charge is 2.40. The zero-order chi connectivity index (χ0) is 26.9. The number of benzene rings is 4. The average Bonchev–Trinajstić information content (AvgIpc) is 3.33. The molecule has 5 nitrogen and oxygen atoms in total. The average molecular weight is 530 g/mol. The van der Waals surface area contributed by atoms with E-state index in [-0.39, 0.29) is 5.91 Å². The summed E-state index contributed by atoms with van der Waals surface area (Å²) in [7, 11) is 0. The van der Waals surface area contributed by atoms with Crippen molar-refractivity contribution in [2.24, 2.45) is 0 Å². The normalized spacial score (nSPS) is 20.4. The summed E-state index contributed by atoms with van der Waals surface area (Å²) in [4.78, 5) is 24.0. The van der Waals surface area contributed by atoms with Gasteiger partial charge in [0.2, 0.25) is 0 Å². The van der Waals surface area contributed by atoms with Crippen LogP contribution in [0.25, 0.3) is 11.1 Å². The minimum absolute atomic E-state index is 0.119. The molecule has 2 bridgehead atoms. The van der Waals surface area contributed by atoms with Crippen LogP contribution in [0.3, 0.4) is 0 Å². The molecule has 2 heterocycles. The van der Waals surface area contributed by atoms with Crippen LogP contribution in [0.4, 0.5) is 5.69 Å². The molecule has 0 radical (unpaired) electrons. The first kappa shape index (κ1) is 25.1. The minimum Gasteiger partial charge on any atom is -0.368 e. The smallest absolute Gasteiger partial charge is 0.253 e. The van der Waals surface area contributed by atoms with Gasteiger partial charge in [-0.2, -0.15) is 5.06 Å². The Bertz CT molecular complexity index is 1460. The molecule has 202 valence electrons. The molecule has 5 heteroatoms.